The van der Waals surface area contributed by atoms with Crippen LogP contribution in [0.3, 0.4) is 0 Å². The van der Waals surface area contributed by atoms with Crippen molar-refractivity contribution in [3.63, 3.8) is 0 Å². The fourth-order valence-electron chi connectivity index (χ4n) is 5.57. The zero-order chi connectivity index (χ0) is 26.3. The first kappa shape index (κ1) is 24.8. The van der Waals surface area contributed by atoms with Gasteiger partial charge in [0.25, 0.3) is 5.91 Å². The molecule has 0 bridgehead atoms. The van der Waals surface area contributed by atoms with Crippen molar-refractivity contribution in [1.82, 2.24) is 24.1 Å². The molecule has 3 N–H and O–H groups in total. The Hall–Kier alpha value is -3.54. The molecule has 4 aromatic rings. The number of ether oxygens (including phenoxy) is 3. The van der Waals surface area contributed by atoms with E-state index in [4.69, 9.17) is 24.9 Å². The van der Waals surface area contributed by atoms with Gasteiger partial charge >= 0.3 is 0 Å². The Morgan fingerprint density at radius 2 is 2.05 bits per heavy atom. The van der Waals surface area contributed by atoms with E-state index in [-0.39, 0.29) is 11.6 Å². The molecule has 4 aromatic heterocycles. The first-order chi connectivity index (χ1) is 18.5. The highest BCUT2D eigenvalue weighted by Crippen LogP contribution is 2.45. The summed E-state index contributed by atoms with van der Waals surface area (Å²) in [7, 11) is 3.58. The van der Waals surface area contributed by atoms with Crippen molar-refractivity contribution in [2.75, 3.05) is 32.7 Å². The lowest BCUT2D eigenvalue weighted by molar-refractivity contribution is -0.152. The molecule has 11 heteroatoms. The number of rotatable bonds is 5. The highest BCUT2D eigenvalue weighted by atomic mass is 16.7. The summed E-state index contributed by atoms with van der Waals surface area (Å²) in [5.41, 5.74) is 8.77. The van der Waals surface area contributed by atoms with Crippen molar-refractivity contribution in [3.05, 3.63) is 42.4 Å². The molecule has 0 aromatic carbocycles. The molecule has 2 saturated carbocycles. The van der Waals surface area contributed by atoms with Gasteiger partial charge in [-0.2, -0.15) is 9.61 Å². The number of primary amides is 1. The third kappa shape index (κ3) is 4.30. The molecule has 200 valence electrons. The second-order valence-corrected chi connectivity index (χ2v) is 10.1. The van der Waals surface area contributed by atoms with E-state index >= 15 is 0 Å². The van der Waals surface area contributed by atoms with Crippen LogP contribution in [0.25, 0.3) is 27.9 Å². The molecular weight excluding hydrogens is 486 g/mol. The van der Waals surface area contributed by atoms with Gasteiger partial charge in [-0.15, -0.1) is 0 Å². The van der Waals surface area contributed by atoms with E-state index in [9.17, 15) is 4.79 Å². The minimum Gasteiger partial charge on any atom is -0.381 e. The van der Waals surface area contributed by atoms with Crippen LogP contribution >= 0.6 is 0 Å². The molecule has 11 nitrogen and oxygen atoms in total. The SMILES string of the molecule is CNc1cc(-c2cn(C3CCC4(C3)OCCO4)c3ncccc23)nc2c(C(N)=O)cnn12.COC1CCC1. The summed E-state index contributed by atoms with van der Waals surface area (Å²) >= 11 is 0. The van der Waals surface area contributed by atoms with Crippen LogP contribution < -0.4 is 11.1 Å². The van der Waals surface area contributed by atoms with Gasteiger partial charge in [-0.3, -0.25) is 4.79 Å². The summed E-state index contributed by atoms with van der Waals surface area (Å²) < 4.78 is 20.6. The average Bonchev–Trinajstić information content (AvgIpc) is 3.69. The first-order valence-corrected chi connectivity index (χ1v) is 13.1. The number of pyridine rings is 1. The highest BCUT2D eigenvalue weighted by molar-refractivity contribution is 6.00. The molecule has 5 heterocycles. The molecule has 7 rings (SSSR count). The van der Waals surface area contributed by atoms with Gasteiger partial charge in [0.15, 0.2) is 11.4 Å². The van der Waals surface area contributed by atoms with Gasteiger partial charge in [0.1, 0.15) is 17.0 Å². The zero-order valence-corrected chi connectivity index (χ0v) is 21.7. The van der Waals surface area contributed by atoms with Gasteiger partial charge in [0, 0.05) is 62.5 Å². The second kappa shape index (κ2) is 9.97. The molecule has 1 atom stereocenters. The van der Waals surface area contributed by atoms with Crippen LogP contribution in [0.1, 0.15) is 54.9 Å². The second-order valence-electron chi connectivity index (χ2n) is 10.1. The van der Waals surface area contributed by atoms with Gasteiger partial charge in [0.05, 0.1) is 31.2 Å². The van der Waals surface area contributed by atoms with E-state index in [1.807, 2.05) is 18.2 Å². The molecule has 1 unspecified atom stereocenters. The molecule has 1 spiro atoms. The van der Waals surface area contributed by atoms with Crippen LogP contribution in [0.5, 0.6) is 0 Å². The highest BCUT2D eigenvalue weighted by Gasteiger charge is 2.45. The number of nitrogens with zero attached hydrogens (tertiary/aromatic N) is 5. The van der Waals surface area contributed by atoms with Crippen LogP contribution in [0.15, 0.2) is 36.8 Å². The van der Waals surface area contributed by atoms with Crippen LogP contribution in [0.2, 0.25) is 0 Å². The lowest BCUT2D eigenvalue weighted by Gasteiger charge is -2.22. The summed E-state index contributed by atoms with van der Waals surface area (Å²) in [6, 6.07) is 6.08. The predicted octanol–water partition coefficient (Wildman–Crippen LogP) is 3.54. The standard InChI is InChI=1S/C22H23N7O3.C5H10O/c1-24-18-9-17(27-21-15(19(23)30)11-26-29(18)21)16-12-28(20-14(16)3-2-6-25-20)13-4-5-22(10-13)31-7-8-32-22;1-6-5-3-2-4-5/h2-3,6,9,11-13,24H,4-5,7-8,10H2,1H3,(H2,23,30);5H,2-4H2,1H3. The summed E-state index contributed by atoms with van der Waals surface area (Å²) in [5, 5.41) is 8.38. The van der Waals surface area contributed by atoms with Crippen LogP contribution in [0.4, 0.5) is 5.82 Å². The summed E-state index contributed by atoms with van der Waals surface area (Å²) in [4.78, 5) is 21.3. The maximum Gasteiger partial charge on any atom is 0.254 e. The fraction of sp³-hybridized carbons (Fsp3) is 0.481. The van der Waals surface area contributed by atoms with Crippen molar-refractivity contribution in [3.8, 4) is 11.3 Å². The van der Waals surface area contributed by atoms with Gasteiger partial charge in [-0.1, -0.05) is 0 Å². The Balaban J connectivity index is 0.000000390. The molecule has 1 saturated heterocycles. The Morgan fingerprint density at radius 3 is 2.71 bits per heavy atom. The van der Waals surface area contributed by atoms with Crippen molar-refractivity contribution in [1.29, 1.82) is 0 Å². The molecule has 3 aliphatic rings. The topological polar surface area (TPSA) is 131 Å². The third-order valence-corrected chi connectivity index (χ3v) is 7.86. The number of carbonyl (C=O) groups excluding carboxylic acids is 1. The average molecular weight is 520 g/mol. The quantitative estimate of drug-likeness (QED) is 0.409. The number of aromatic nitrogens is 5. The maximum absolute atomic E-state index is 11.9. The Morgan fingerprint density at radius 1 is 1.24 bits per heavy atom. The number of carbonyl (C=O) groups is 1. The van der Waals surface area contributed by atoms with E-state index in [0.29, 0.717) is 36.5 Å². The van der Waals surface area contributed by atoms with Gasteiger partial charge < -0.3 is 29.8 Å². The smallest absolute Gasteiger partial charge is 0.254 e. The van der Waals surface area contributed by atoms with Crippen LogP contribution in [-0.4, -0.2) is 69.3 Å². The zero-order valence-electron chi connectivity index (χ0n) is 21.7. The van der Waals surface area contributed by atoms with E-state index in [1.165, 1.54) is 25.5 Å². The lowest BCUT2D eigenvalue weighted by atomic mass is 9.96. The normalized spacial score (nSPS) is 20.5. The van der Waals surface area contributed by atoms with E-state index in [0.717, 1.165) is 35.9 Å². The molecule has 38 heavy (non-hydrogen) atoms. The minimum atomic E-state index is -0.566. The van der Waals surface area contributed by atoms with Crippen LogP contribution in [-0.2, 0) is 14.2 Å². The van der Waals surface area contributed by atoms with Gasteiger partial charge in [-0.25, -0.2) is 9.97 Å². The summed E-state index contributed by atoms with van der Waals surface area (Å²) in [5.74, 6) is -0.334. The minimum absolute atomic E-state index is 0.211. The number of hydrogen-bond acceptors (Lipinski definition) is 8. The van der Waals surface area contributed by atoms with Crippen molar-refractivity contribution in [2.24, 2.45) is 5.73 Å². The predicted molar refractivity (Wildman–Crippen MR) is 142 cm³/mol. The molecule has 1 amide bonds. The molecular formula is C27H33N7O4. The molecule has 0 radical (unpaired) electrons. The monoisotopic (exact) mass is 519 g/mol. The van der Waals surface area contributed by atoms with E-state index < -0.39 is 11.7 Å². The van der Waals surface area contributed by atoms with Crippen LogP contribution in [0, 0.1) is 0 Å². The van der Waals surface area contributed by atoms with Gasteiger partial charge in [-0.05, 0) is 37.8 Å². The van der Waals surface area contributed by atoms with Gasteiger partial charge in [0.2, 0.25) is 0 Å². The van der Waals surface area contributed by atoms with Crippen molar-refractivity contribution in [2.45, 2.75) is 56.5 Å². The van der Waals surface area contributed by atoms with E-state index in [1.54, 1.807) is 24.9 Å². The molecule has 3 fully saturated rings. The van der Waals surface area contributed by atoms with E-state index in [2.05, 4.69) is 26.2 Å². The first-order valence-electron chi connectivity index (χ1n) is 13.1. The summed E-state index contributed by atoms with van der Waals surface area (Å²) in [6.07, 6.45) is 12.5. The molecule has 1 aliphatic heterocycles. The number of fused-ring (bicyclic) bond motifs is 2. The largest absolute Gasteiger partial charge is 0.381 e. The maximum atomic E-state index is 11.9. The Labute approximate surface area is 220 Å². The van der Waals surface area contributed by atoms with Crippen molar-refractivity contribution >= 4 is 28.4 Å². The van der Waals surface area contributed by atoms with Crippen molar-refractivity contribution < 1.29 is 19.0 Å². The number of hydrogen-bond donors (Lipinski definition) is 2. The number of amides is 1. The number of nitrogens with one attached hydrogen (secondary N) is 1. The Bertz CT molecular complexity index is 1470. The fourth-order valence-corrected chi connectivity index (χ4v) is 5.57. The molecule has 2 aliphatic carbocycles. The number of methoxy groups -OCH3 is 1. The number of anilines is 1. The third-order valence-electron chi connectivity index (χ3n) is 7.86. The number of nitrogens with two attached hydrogens (primary N) is 1. The lowest BCUT2D eigenvalue weighted by Crippen LogP contribution is -2.26. The Kier molecular flexibility index (Phi) is 6.50. The summed E-state index contributed by atoms with van der Waals surface area (Å²) in [6.45, 7) is 1.29.